The van der Waals surface area contributed by atoms with E-state index in [-0.39, 0.29) is 67.8 Å². The molecular formula is C22H21F2N4O3SSc-. The van der Waals surface area contributed by atoms with Crippen LogP contribution >= 0.6 is 0 Å². The summed E-state index contributed by atoms with van der Waals surface area (Å²) in [6, 6.07) is 15.2. The Morgan fingerprint density at radius 3 is 2.73 bits per heavy atom. The van der Waals surface area contributed by atoms with Crippen molar-refractivity contribution in [3.63, 3.8) is 0 Å². The van der Waals surface area contributed by atoms with E-state index in [2.05, 4.69) is 16.4 Å². The molecule has 1 fully saturated rings. The minimum Gasteiger partial charge on any atom is -0.356 e. The number of amides is 1. The number of carbonyl (C=O) groups is 1. The van der Waals surface area contributed by atoms with E-state index in [1.807, 2.05) is 0 Å². The SMILES string of the molecule is NS(=O)(=O)c1cccc(NC(=O)c2cc3c[c-]ccc3nc2N2CCCC(F)(F)CC2)c1.[Sc]. The molecule has 3 N–H and O–H groups in total. The zero-order valence-corrected chi connectivity index (χ0v) is 20.2. The van der Waals surface area contributed by atoms with Gasteiger partial charge >= 0.3 is 0 Å². The molecule has 0 spiro atoms. The van der Waals surface area contributed by atoms with E-state index in [1.54, 1.807) is 29.2 Å². The van der Waals surface area contributed by atoms with Crippen LogP contribution in [0.25, 0.3) is 10.9 Å². The number of alkyl halides is 2. The van der Waals surface area contributed by atoms with Crippen LogP contribution < -0.4 is 15.4 Å². The van der Waals surface area contributed by atoms with Gasteiger partial charge in [0.15, 0.2) is 0 Å². The third-order valence-electron chi connectivity index (χ3n) is 5.32. The molecule has 7 nitrogen and oxygen atoms in total. The van der Waals surface area contributed by atoms with Crippen molar-refractivity contribution in [3.05, 3.63) is 60.2 Å². The first-order valence-corrected chi connectivity index (χ1v) is 11.5. The molecule has 1 saturated heterocycles. The number of aromatic nitrogens is 1. The summed E-state index contributed by atoms with van der Waals surface area (Å²) in [6.45, 7) is 0.403. The number of nitrogens with zero attached hydrogens (tertiary/aromatic N) is 2. The summed E-state index contributed by atoms with van der Waals surface area (Å²) in [5, 5.41) is 8.50. The minimum atomic E-state index is -3.94. The predicted molar refractivity (Wildman–Crippen MR) is 117 cm³/mol. The van der Waals surface area contributed by atoms with Gasteiger partial charge in [-0.05, 0) is 30.1 Å². The van der Waals surface area contributed by atoms with Crippen molar-refractivity contribution in [2.45, 2.75) is 30.1 Å². The number of fused-ring (bicyclic) bond motifs is 1. The van der Waals surface area contributed by atoms with Gasteiger partial charge in [0.05, 0.1) is 10.5 Å². The first-order chi connectivity index (χ1) is 15.1. The van der Waals surface area contributed by atoms with Crippen molar-refractivity contribution < 1.29 is 47.8 Å². The first kappa shape index (κ1) is 25.4. The molecule has 11 heteroatoms. The van der Waals surface area contributed by atoms with E-state index in [9.17, 15) is 22.0 Å². The maximum Gasteiger partial charge on any atom is 0.258 e. The van der Waals surface area contributed by atoms with Crippen molar-refractivity contribution in [3.8, 4) is 0 Å². The topological polar surface area (TPSA) is 105 Å². The van der Waals surface area contributed by atoms with Crippen LogP contribution in [0.5, 0.6) is 0 Å². The number of rotatable bonds is 4. The van der Waals surface area contributed by atoms with Crippen LogP contribution in [0.15, 0.2) is 53.4 Å². The normalized spacial score (nSPS) is 16.0. The number of hydrogen-bond acceptors (Lipinski definition) is 5. The Labute approximate surface area is 209 Å². The number of halogens is 2. The van der Waals surface area contributed by atoms with Crippen LogP contribution in [0.3, 0.4) is 0 Å². The van der Waals surface area contributed by atoms with E-state index in [0.29, 0.717) is 23.3 Å². The fraction of sp³-hybridized carbons (Fsp3) is 0.273. The van der Waals surface area contributed by atoms with Crippen molar-refractivity contribution in [2.24, 2.45) is 5.14 Å². The minimum absolute atomic E-state index is 0. The van der Waals surface area contributed by atoms with Gasteiger partial charge in [-0.2, -0.15) is 18.2 Å². The second-order valence-electron chi connectivity index (χ2n) is 7.70. The number of pyridine rings is 1. The number of carbonyl (C=O) groups excluding carboxylic acids is 1. The predicted octanol–water partition coefficient (Wildman–Crippen LogP) is 3.56. The number of anilines is 2. The average molecular weight is 504 g/mol. The smallest absolute Gasteiger partial charge is 0.258 e. The summed E-state index contributed by atoms with van der Waals surface area (Å²) in [6.07, 6.45) is -0.270. The van der Waals surface area contributed by atoms with Gasteiger partial charge in [0.2, 0.25) is 15.9 Å². The summed E-state index contributed by atoms with van der Waals surface area (Å²) in [7, 11) is -3.94. The molecule has 0 aliphatic carbocycles. The van der Waals surface area contributed by atoms with Gasteiger partial charge in [-0.15, -0.1) is 11.5 Å². The van der Waals surface area contributed by atoms with Gasteiger partial charge in [-0.3, -0.25) is 9.78 Å². The molecule has 1 radical (unpaired) electrons. The summed E-state index contributed by atoms with van der Waals surface area (Å²) in [5.74, 6) is -2.99. The fourth-order valence-electron chi connectivity index (χ4n) is 3.68. The molecule has 0 bridgehead atoms. The van der Waals surface area contributed by atoms with E-state index < -0.39 is 21.9 Å². The molecule has 1 aromatic heterocycles. The zero-order chi connectivity index (χ0) is 22.9. The molecule has 1 aliphatic rings. The van der Waals surface area contributed by atoms with E-state index >= 15 is 0 Å². The van der Waals surface area contributed by atoms with Crippen LogP contribution in [0.1, 0.15) is 29.6 Å². The van der Waals surface area contributed by atoms with E-state index in [1.165, 1.54) is 24.3 Å². The Morgan fingerprint density at radius 2 is 1.97 bits per heavy atom. The standard InChI is InChI=1S/C22H21F2N4O3S.Sc/c23-22(24)9-4-11-28(12-10-22)20-18(13-15-5-1-2-8-19(15)27-20)21(29)26-16-6-3-7-17(14-16)32(25,30)31;/h2-3,5-8,13-14H,4,9-12H2,(H,26,29)(H2,25,30,31);/q-1;. The van der Waals surface area contributed by atoms with Gasteiger partial charge in [0, 0.05) is 57.5 Å². The second-order valence-corrected chi connectivity index (χ2v) is 9.26. The molecule has 2 aromatic carbocycles. The Morgan fingerprint density at radius 1 is 1.18 bits per heavy atom. The van der Waals surface area contributed by atoms with E-state index in [4.69, 9.17) is 5.14 Å². The Bertz CT molecular complexity index is 1290. The van der Waals surface area contributed by atoms with Crippen LogP contribution in [0.2, 0.25) is 0 Å². The summed E-state index contributed by atoms with van der Waals surface area (Å²) in [4.78, 5) is 19.3. The average Bonchev–Trinajstić information content (AvgIpc) is 2.92. The molecule has 171 valence electrons. The third-order valence-corrected chi connectivity index (χ3v) is 6.23. The molecule has 3 aromatic rings. The van der Waals surface area contributed by atoms with Crippen molar-refractivity contribution in [2.75, 3.05) is 23.3 Å². The summed E-state index contributed by atoms with van der Waals surface area (Å²) in [5.41, 5.74) is 1.04. The molecule has 33 heavy (non-hydrogen) atoms. The van der Waals surface area contributed by atoms with Crippen molar-refractivity contribution in [1.29, 1.82) is 0 Å². The maximum absolute atomic E-state index is 13.9. The third kappa shape index (κ3) is 6.01. The van der Waals surface area contributed by atoms with Gasteiger partial charge < -0.3 is 10.2 Å². The molecule has 1 aliphatic heterocycles. The maximum atomic E-state index is 13.9. The quantitative estimate of drug-likeness (QED) is 0.529. The van der Waals surface area contributed by atoms with Crippen molar-refractivity contribution in [1.82, 2.24) is 4.98 Å². The summed E-state index contributed by atoms with van der Waals surface area (Å²) < 4.78 is 51.0. The van der Waals surface area contributed by atoms with Gasteiger partial charge in [-0.1, -0.05) is 12.1 Å². The largest absolute Gasteiger partial charge is 0.356 e. The van der Waals surface area contributed by atoms with Crippen LogP contribution in [0.4, 0.5) is 20.3 Å². The monoisotopic (exact) mass is 504 g/mol. The molecule has 0 unspecified atom stereocenters. The molecule has 2 heterocycles. The molecule has 4 rings (SSSR count). The van der Waals surface area contributed by atoms with Gasteiger partial charge in [0.25, 0.3) is 5.91 Å². The number of benzene rings is 2. The van der Waals surface area contributed by atoms with Crippen LogP contribution in [-0.2, 0) is 35.9 Å². The number of hydrogen-bond donors (Lipinski definition) is 2. The number of primary sulfonamides is 1. The van der Waals surface area contributed by atoms with Gasteiger partial charge in [-0.25, -0.2) is 22.3 Å². The van der Waals surface area contributed by atoms with Crippen LogP contribution in [-0.4, -0.2) is 38.3 Å². The zero-order valence-electron chi connectivity index (χ0n) is 17.6. The number of nitrogens with two attached hydrogens (primary N) is 1. The Balaban J connectivity index is 0.00000306. The molecule has 0 atom stereocenters. The number of nitrogens with one attached hydrogen (secondary N) is 1. The molecular weight excluding hydrogens is 483 g/mol. The Hall–Kier alpha value is -2.24. The molecule has 1 amide bonds. The van der Waals surface area contributed by atoms with E-state index in [0.717, 1.165) is 0 Å². The van der Waals surface area contributed by atoms with Crippen LogP contribution in [0, 0.1) is 6.07 Å². The Kier molecular flexibility index (Phi) is 7.65. The number of sulfonamides is 1. The first-order valence-electron chi connectivity index (χ1n) is 10.0. The fourth-order valence-corrected chi connectivity index (χ4v) is 4.24. The van der Waals surface area contributed by atoms with Gasteiger partial charge in [0.1, 0.15) is 5.82 Å². The molecule has 0 saturated carbocycles. The van der Waals surface area contributed by atoms with Crippen molar-refractivity contribution >= 4 is 38.3 Å². The second kappa shape index (κ2) is 9.94. The summed E-state index contributed by atoms with van der Waals surface area (Å²) >= 11 is 0.